The van der Waals surface area contributed by atoms with Gasteiger partial charge in [-0.3, -0.25) is 0 Å². The van der Waals surface area contributed by atoms with Crippen molar-refractivity contribution in [2.75, 3.05) is 13.1 Å². The largest absolute Gasteiger partial charge is 0.316 e. The monoisotopic (exact) mass is 283 g/mol. The third-order valence-corrected chi connectivity index (χ3v) is 4.99. The molecule has 0 aliphatic rings. The predicted octanol–water partition coefficient (Wildman–Crippen LogP) is 6.32. The topological polar surface area (TPSA) is 12.0 Å². The quantitative estimate of drug-likeness (QED) is 0.347. The minimum atomic E-state index is 0.567. The summed E-state index contributed by atoms with van der Waals surface area (Å²) < 4.78 is 0. The van der Waals surface area contributed by atoms with Crippen LogP contribution in [0.3, 0.4) is 0 Å². The van der Waals surface area contributed by atoms with Gasteiger partial charge in [-0.05, 0) is 37.6 Å². The molecule has 0 heterocycles. The molecule has 0 aromatic rings. The molecule has 0 aromatic heterocycles. The smallest absolute Gasteiger partial charge is 0.000760 e. The zero-order valence-corrected chi connectivity index (χ0v) is 14.9. The van der Waals surface area contributed by atoms with Crippen molar-refractivity contribution >= 4 is 0 Å². The normalized spacial score (nSPS) is 12.0. The molecule has 1 nitrogen and oxygen atoms in total. The van der Waals surface area contributed by atoms with Crippen LogP contribution < -0.4 is 5.32 Å². The van der Waals surface area contributed by atoms with E-state index in [0.29, 0.717) is 5.41 Å². The van der Waals surface area contributed by atoms with E-state index < -0.39 is 0 Å². The lowest BCUT2D eigenvalue weighted by atomic mass is 9.77. The molecular weight excluding hydrogens is 242 g/mol. The third kappa shape index (κ3) is 9.80. The fraction of sp³-hybridized carbons (Fsp3) is 1.00. The van der Waals surface area contributed by atoms with Crippen molar-refractivity contribution in [3.05, 3.63) is 0 Å². The van der Waals surface area contributed by atoms with Crippen molar-refractivity contribution in [3.63, 3.8) is 0 Å². The Morgan fingerprint density at radius 1 is 0.650 bits per heavy atom. The third-order valence-electron chi connectivity index (χ3n) is 4.99. The summed E-state index contributed by atoms with van der Waals surface area (Å²) >= 11 is 0. The fourth-order valence-corrected chi connectivity index (χ4v) is 3.11. The highest BCUT2D eigenvalue weighted by molar-refractivity contribution is 4.79. The van der Waals surface area contributed by atoms with Crippen LogP contribution in [-0.4, -0.2) is 13.1 Å². The number of unbranched alkanes of at least 4 members (excludes halogenated alkanes) is 7. The first-order valence-corrected chi connectivity index (χ1v) is 9.45. The van der Waals surface area contributed by atoms with Crippen LogP contribution in [0.2, 0.25) is 0 Å². The van der Waals surface area contributed by atoms with Gasteiger partial charge in [0, 0.05) is 6.54 Å². The highest BCUT2D eigenvalue weighted by Crippen LogP contribution is 2.32. The molecule has 0 aliphatic carbocycles. The molecule has 122 valence electrons. The van der Waals surface area contributed by atoms with Crippen LogP contribution in [0.15, 0.2) is 0 Å². The van der Waals surface area contributed by atoms with Crippen LogP contribution in [0.1, 0.15) is 105 Å². The summed E-state index contributed by atoms with van der Waals surface area (Å²) in [6, 6.07) is 0. The van der Waals surface area contributed by atoms with Crippen molar-refractivity contribution in [2.24, 2.45) is 5.41 Å². The molecule has 1 N–H and O–H groups in total. The van der Waals surface area contributed by atoms with E-state index in [-0.39, 0.29) is 0 Å². The molecule has 0 spiro atoms. The van der Waals surface area contributed by atoms with Crippen LogP contribution in [-0.2, 0) is 0 Å². The number of nitrogens with one attached hydrogen (secondary N) is 1. The van der Waals surface area contributed by atoms with Crippen molar-refractivity contribution < 1.29 is 0 Å². The van der Waals surface area contributed by atoms with Gasteiger partial charge in [0.1, 0.15) is 0 Å². The number of rotatable bonds is 15. The molecule has 0 atom stereocenters. The molecule has 0 unspecified atom stereocenters. The van der Waals surface area contributed by atoms with E-state index in [2.05, 4.69) is 33.0 Å². The van der Waals surface area contributed by atoms with E-state index in [1.54, 1.807) is 0 Å². The van der Waals surface area contributed by atoms with Gasteiger partial charge in [-0.25, -0.2) is 0 Å². The maximum atomic E-state index is 3.65. The van der Waals surface area contributed by atoms with Crippen molar-refractivity contribution in [3.8, 4) is 0 Å². The molecule has 0 aliphatic heterocycles. The maximum Gasteiger partial charge on any atom is 0.000760 e. The summed E-state index contributed by atoms with van der Waals surface area (Å²) in [6.45, 7) is 11.7. The summed E-state index contributed by atoms with van der Waals surface area (Å²) in [4.78, 5) is 0. The second-order valence-electron chi connectivity index (χ2n) is 6.61. The van der Waals surface area contributed by atoms with E-state index in [9.17, 15) is 0 Å². The van der Waals surface area contributed by atoms with Gasteiger partial charge in [0.05, 0.1) is 0 Å². The molecule has 0 saturated heterocycles. The molecular formula is C19H41N. The number of hydrogen-bond acceptors (Lipinski definition) is 1. The summed E-state index contributed by atoms with van der Waals surface area (Å²) in [7, 11) is 0. The summed E-state index contributed by atoms with van der Waals surface area (Å²) in [5.74, 6) is 0. The lowest BCUT2D eigenvalue weighted by Gasteiger charge is -2.32. The van der Waals surface area contributed by atoms with Gasteiger partial charge >= 0.3 is 0 Å². The standard InChI is InChI=1S/C19H41N/c1-5-9-10-11-12-13-14-15-16-19(7-3,8-4)18-20-17-6-2/h20H,5-18H2,1-4H3. The molecule has 0 bridgehead atoms. The molecule has 0 aromatic carbocycles. The number of hydrogen-bond donors (Lipinski definition) is 1. The van der Waals surface area contributed by atoms with E-state index >= 15 is 0 Å². The predicted molar refractivity (Wildman–Crippen MR) is 93.4 cm³/mol. The van der Waals surface area contributed by atoms with Crippen LogP contribution in [0.25, 0.3) is 0 Å². The molecule has 0 rings (SSSR count). The first-order chi connectivity index (χ1) is 9.74. The Balaban J connectivity index is 3.69. The summed E-state index contributed by atoms with van der Waals surface area (Å²) in [5, 5.41) is 3.65. The minimum absolute atomic E-state index is 0.567. The van der Waals surface area contributed by atoms with E-state index in [0.717, 1.165) is 0 Å². The van der Waals surface area contributed by atoms with Gasteiger partial charge < -0.3 is 5.32 Å². The second-order valence-corrected chi connectivity index (χ2v) is 6.61. The van der Waals surface area contributed by atoms with Gasteiger partial charge in [-0.1, -0.05) is 79.1 Å². The van der Waals surface area contributed by atoms with Gasteiger partial charge in [-0.15, -0.1) is 0 Å². The lowest BCUT2D eigenvalue weighted by molar-refractivity contribution is 0.220. The van der Waals surface area contributed by atoms with Crippen molar-refractivity contribution in [1.29, 1.82) is 0 Å². The van der Waals surface area contributed by atoms with Gasteiger partial charge in [0.15, 0.2) is 0 Å². The minimum Gasteiger partial charge on any atom is -0.316 e. The maximum absolute atomic E-state index is 3.65. The van der Waals surface area contributed by atoms with Gasteiger partial charge in [0.25, 0.3) is 0 Å². The first-order valence-electron chi connectivity index (χ1n) is 9.45. The Kier molecular flexibility index (Phi) is 13.9. The first kappa shape index (κ1) is 20.0. The molecule has 0 fully saturated rings. The van der Waals surface area contributed by atoms with Crippen LogP contribution in [0.5, 0.6) is 0 Å². The second kappa shape index (κ2) is 13.9. The highest BCUT2D eigenvalue weighted by atomic mass is 14.9. The van der Waals surface area contributed by atoms with Gasteiger partial charge in [-0.2, -0.15) is 0 Å². The fourth-order valence-electron chi connectivity index (χ4n) is 3.11. The Bertz CT molecular complexity index is 184. The highest BCUT2D eigenvalue weighted by Gasteiger charge is 2.24. The lowest BCUT2D eigenvalue weighted by Crippen LogP contribution is -2.34. The Hall–Kier alpha value is -0.0400. The van der Waals surface area contributed by atoms with Crippen molar-refractivity contribution in [2.45, 2.75) is 105 Å². The average molecular weight is 284 g/mol. The van der Waals surface area contributed by atoms with Crippen molar-refractivity contribution in [1.82, 2.24) is 5.32 Å². The van der Waals surface area contributed by atoms with Crippen LogP contribution in [0.4, 0.5) is 0 Å². The van der Waals surface area contributed by atoms with E-state index in [1.165, 1.54) is 90.1 Å². The summed E-state index contributed by atoms with van der Waals surface area (Å²) in [6.07, 6.45) is 16.8. The van der Waals surface area contributed by atoms with Crippen LogP contribution in [0, 0.1) is 5.41 Å². The summed E-state index contributed by atoms with van der Waals surface area (Å²) in [5.41, 5.74) is 0.567. The van der Waals surface area contributed by atoms with Crippen LogP contribution >= 0.6 is 0 Å². The zero-order valence-electron chi connectivity index (χ0n) is 14.9. The molecule has 0 radical (unpaired) electrons. The molecule has 0 amide bonds. The Morgan fingerprint density at radius 3 is 1.70 bits per heavy atom. The Labute approximate surface area is 129 Å². The molecule has 0 saturated carbocycles. The zero-order chi connectivity index (χ0) is 15.1. The Morgan fingerprint density at radius 2 is 1.20 bits per heavy atom. The van der Waals surface area contributed by atoms with Gasteiger partial charge in [0.2, 0.25) is 0 Å². The SMILES string of the molecule is CCCCCCCCCCC(CC)(CC)CNCCC. The molecule has 20 heavy (non-hydrogen) atoms. The average Bonchev–Trinajstić information content (AvgIpc) is 2.48. The molecule has 1 heteroatoms. The van der Waals surface area contributed by atoms with E-state index in [4.69, 9.17) is 0 Å². The van der Waals surface area contributed by atoms with E-state index in [1.807, 2.05) is 0 Å².